The van der Waals surface area contributed by atoms with E-state index >= 15 is 0 Å². The second-order valence-corrected chi connectivity index (χ2v) is 10.4. The van der Waals surface area contributed by atoms with E-state index in [4.69, 9.17) is 17.8 Å². The van der Waals surface area contributed by atoms with E-state index < -0.39 is 34.4 Å². The van der Waals surface area contributed by atoms with Crippen LogP contribution < -0.4 is 0 Å². The zero-order chi connectivity index (χ0) is 19.6. The predicted octanol–water partition coefficient (Wildman–Crippen LogP) is 2.22. The van der Waals surface area contributed by atoms with Crippen molar-refractivity contribution in [2.45, 2.75) is 40.5 Å². The number of rotatable bonds is 15. The van der Waals surface area contributed by atoms with E-state index in [0.717, 1.165) is 0 Å². The van der Waals surface area contributed by atoms with Crippen LogP contribution >= 0.6 is 7.82 Å². The molecular weight excluding hydrogens is 395 g/mol. The van der Waals surface area contributed by atoms with Crippen molar-refractivity contribution in [3.8, 4) is 0 Å². The van der Waals surface area contributed by atoms with Crippen molar-refractivity contribution in [1.29, 1.82) is 0 Å². The second-order valence-electron chi connectivity index (χ2n) is 5.92. The van der Waals surface area contributed by atoms with Crippen LogP contribution in [-0.2, 0) is 43.5 Å². The second kappa shape index (κ2) is 11.8. The molecule has 1 unspecified atom stereocenters. The molecule has 0 saturated heterocycles. The molecule has 1 atom stereocenters. The van der Waals surface area contributed by atoms with Gasteiger partial charge in [0.25, 0.3) is 10.1 Å². The van der Waals surface area contributed by atoms with Gasteiger partial charge in [0.1, 0.15) is 0 Å². The van der Waals surface area contributed by atoms with Crippen molar-refractivity contribution < 1.29 is 39.5 Å². The summed E-state index contributed by atoms with van der Waals surface area (Å²) in [5, 5.41) is 0. The molecule has 0 saturated carbocycles. The first-order valence-electron chi connectivity index (χ1n) is 7.92. The number of phosphoric acid groups is 1. The van der Waals surface area contributed by atoms with Crippen LogP contribution in [0, 0.1) is 5.41 Å². The maximum Gasteiger partial charge on any atom is 0.474 e. The number of hydrogen-bond donors (Lipinski definition) is 0. The summed E-state index contributed by atoms with van der Waals surface area (Å²) in [6.45, 7) is 7.16. The lowest BCUT2D eigenvalue weighted by atomic mass is 9.91. The molecule has 9 nitrogen and oxygen atoms in total. The Morgan fingerprint density at radius 3 is 2.16 bits per heavy atom. The highest BCUT2D eigenvalue weighted by molar-refractivity contribution is 7.86. The third-order valence-corrected chi connectivity index (χ3v) is 6.47. The van der Waals surface area contributed by atoms with Crippen molar-refractivity contribution in [2.75, 3.05) is 37.9 Å². The maximum absolute atomic E-state index is 12.1. The Kier molecular flexibility index (Phi) is 11.8. The standard InChI is InChI=1S/C13H29O9PS2/c1-5-19-23(14,20-6-2)21-9-8-13(3,4)12-22-25(17,18)11-7-10-24(15)16/h5-12H2,1-4H3,(H,15,16)/p-1. The molecule has 0 N–H and O–H groups in total. The van der Waals surface area contributed by atoms with E-state index in [2.05, 4.69) is 0 Å². The first-order valence-corrected chi connectivity index (χ1v) is 12.2. The monoisotopic (exact) mass is 423 g/mol. The van der Waals surface area contributed by atoms with Crippen molar-refractivity contribution in [2.24, 2.45) is 5.41 Å². The van der Waals surface area contributed by atoms with Gasteiger partial charge in [-0.1, -0.05) is 24.9 Å². The maximum atomic E-state index is 12.1. The molecule has 0 aromatic heterocycles. The van der Waals surface area contributed by atoms with Gasteiger partial charge in [0.2, 0.25) is 0 Å². The van der Waals surface area contributed by atoms with Crippen LogP contribution in [0.3, 0.4) is 0 Å². The first-order chi connectivity index (χ1) is 11.5. The van der Waals surface area contributed by atoms with Gasteiger partial charge in [0.15, 0.2) is 0 Å². The first kappa shape index (κ1) is 25.1. The predicted molar refractivity (Wildman–Crippen MR) is 93.4 cm³/mol. The third-order valence-electron chi connectivity index (χ3n) is 2.94. The molecule has 0 aromatic carbocycles. The fraction of sp³-hybridized carbons (Fsp3) is 1.00. The Hall–Kier alpha value is 0.130. The summed E-state index contributed by atoms with van der Waals surface area (Å²) < 4.78 is 76.5. The van der Waals surface area contributed by atoms with Gasteiger partial charge < -0.3 is 4.55 Å². The van der Waals surface area contributed by atoms with Gasteiger partial charge in [-0.3, -0.25) is 22.0 Å². The average molecular weight is 423 g/mol. The average Bonchev–Trinajstić information content (AvgIpc) is 2.45. The molecule has 0 rings (SSSR count). The summed E-state index contributed by atoms with van der Waals surface area (Å²) >= 11 is -2.27. The Labute approximate surface area is 152 Å². The molecule has 0 spiro atoms. The molecule has 12 heteroatoms. The van der Waals surface area contributed by atoms with Gasteiger partial charge in [0.05, 0.1) is 32.2 Å². The zero-order valence-electron chi connectivity index (χ0n) is 15.1. The van der Waals surface area contributed by atoms with E-state index in [9.17, 15) is 21.7 Å². The van der Waals surface area contributed by atoms with E-state index in [1.807, 2.05) is 0 Å². The minimum absolute atomic E-state index is 0.0200. The Morgan fingerprint density at radius 1 is 1.12 bits per heavy atom. The molecule has 0 heterocycles. The molecule has 0 fully saturated rings. The molecule has 152 valence electrons. The van der Waals surface area contributed by atoms with Crippen LogP contribution in [0.1, 0.15) is 40.5 Å². The van der Waals surface area contributed by atoms with Gasteiger partial charge in [0, 0.05) is 5.75 Å². The molecular formula is C13H28O9PS2-. The summed E-state index contributed by atoms with van der Waals surface area (Å²) in [5.41, 5.74) is -0.572. The van der Waals surface area contributed by atoms with Gasteiger partial charge in [-0.25, -0.2) is 4.57 Å². The van der Waals surface area contributed by atoms with Crippen LogP contribution in [0.4, 0.5) is 0 Å². The highest BCUT2D eigenvalue weighted by Crippen LogP contribution is 2.49. The van der Waals surface area contributed by atoms with E-state index in [0.29, 0.717) is 6.42 Å². The van der Waals surface area contributed by atoms with Crippen molar-refractivity contribution >= 4 is 29.0 Å². The van der Waals surface area contributed by atoms with E-state index in [1.165, 1.54) is 0 Å². The van der Waals surface area contributed by atoms with Gasteiger partial charge in [-0.15, -0.1) is 0 Å². The molecule has 0 aliphatic heterocycles. The van der Waals surface area contributed by atoms with Gasteiger partial charge >= 0.3 is 7.82 Å². The van der Waals surface area contributed by atoms with Crippen LogP contribution in [0.5, 0.6) is 0 Å². The minimum atomic E-state index is -3.80. The highest BCUT2D eigenvalue weighted by atomic mass is 32.2. The SMILES string of the molecule is CCOP(=O)(OCC)OCCC(C)(C)COS(=O)(=O)CCCS(=O)[O-]. The fourth-order valence-electron chi connectivity index (χ4n) is 1.60. The summed E-state index contributed by atoms with van der Waals surface area (Å²) in [6, 6.07) is 0. The Morgan fingerprint density at radius 2 is 1.68 bits per heavy atom. The lowest BCUT2D eigenvalue weighted by Crippen LogP contribution is -2.25. The van der Waals surface area contributed by atoms with Crippen LogP contribution in [-0.4, -0.2) is 55.1 Å². The Balaban J connectivity index is 4.35. The van der Waals surface area contributed by atoms with Crippen LogP contribution in [0.25, 0.3) is 0 Å². The summed E-state index contributed by atoms with van der Waals surface area (Å²) in [7, 11) is -7.40. The van der Waals surface area contributed by atoms with Crippen LogP contribution in [0.2, 0.25) is 0 Å². The lowest BCUT2D eigenvalue weighted by Gasteiger charge is -2.25. The lowest BCUT2D eigenvalue weighted by molar-refractivity contribution is 0.0962. The third kappa shape index (κ3) is 13.0. The van der Waals surface area contributed by atoms with E-state index in [-0.39, 0.29) is 44.4 Å². The molecule has 0 amide bonds. The highest BCUT2D eigenvalue weighted by Gasteiger charge is 2.28. The minimum Gasteiger partial charge on any atom is -0.772 e. The zero-order valence-corrected chi connectivity index (χ0v) is 17.6. The van der Waals surface area contributed by atoms with E-state index in [1.54, 1.807) is 27.7 Å². The summed E-state index contributed by atoms with van der Waals surface area (Å²) in [4.78, 5) is 0. The molecule has 0 bridgehead atoms. The smallest absolute Gasteiger partial charge is 0.474 e. The normalized spacial score (nSPS) is 14.6. The molecule has 0 aromatic rings. The molecule has 25 heavy (non-hydrogen) atoms. The fourth-order valence-corrected chi connectivity index (χ4v) is 4.44. The largest absolute Gasteiger partial charge is 0.772 e. The summed E-state index contributed by atoms with van der Waals surface area (Å²) in [6.07, 6.45) is 0.338. The Bertz CT molecular complexity index is 538. The van der Waals surface area contributed by atoms with Gasteiger partial charge in [-0.2, -0.15) is 8.42 Å². The molecule has 0 aliphatic rings. The van der Waals surface area contributed by atoms with Crippen molar-refractivity contribution in [3.63, 3.8) is 0 Å². The van der Waals surface area contributed by atoms with Crippen LogP contribution in [0.15, 0.2) is 0 Å². The van der Waals surface area contributed by atoms with Crippen molar-refractivity contribution in [1.82, 2.24) is 0 Å². The molecule has 0 radical (unpaired) electrons. The number of hydrogen-bond acceptors (Lipinski definition) is 9. The van der Waals surface area contributed by atoms with Crippen molar-refractivity contribution in [3.05, 3.63) is 0 Å². The van der Waals surface area contributed by atoms with Gasteiger partial charge in [-0.05, 0) is 32.1 Å². The topological polar surface area (TPSA) is 128 Å². The quantitative estimate of drug-likeness (QED) is 0.221. The summed E-state index contributed by atoms with van der Waals surface area (Å²) in [5.74, 6) is -0.596. The molecule has 0 aliphatic carbocycles. The number of phosphoric ester groups is 1.